The maximum Gasteiger partial charge on any atom is 0.336 e. The van der Waals surface area contributed by atoms with E-state index in [0.717, 1.165) is 4.90 Å². The second-order valence-corrected chi connectivity index (χ2v) is 6.15. The van der Waals surface area contributed by atoms with Crippen LogP contribution in [0.5, 0.6) is 5.75 Å². The lowest BCUT2D eigenvalue weighted by molar-refractivity contribution is -0.122. The van der Waals surface area contributed by atoms with Crippen molar-refractivity contribution in [2.75, 3.05) is 11.5 Å². The number of carbonyl (C=O) groups is 3. The molecule has 1 aliphatic rings. The number of hydrogen-bond acceptors (Lipinski definition) is 5. The maximum atomic E-state index is 12.7. The van der Waals surface area contributed by atoms with Gasteiger partial charge in [-0.05, 0) is 58.8 Å². The molecule has 1 aliphatic heterocycles. The number of imide groups is 2. The topological polar surface area (TPSA) is 88.6 Å². The normalized spacial score (nSPS) is 16.0. The molecule has 0 radical (unpaired) electrons. The molecule has 7 nitrogen and oxygen atoms in total. The average molecular weight is 416 g/mol. The van der Waals surface area contributed by atoms with Gasteiger partial charge in [0.15, 0.2) is 0 Å². The van der Waals surface area contributed by atoms with E-state index in [1.807, 2.05) is 6.92 Å². The SMILES string of the molecule is CCOc1ccc(/C=C2\C(=O)NC(=O)N(c3cccnc3)C2=O)cc1Br. The monoisotopic (exact) mass is 415 g/mol. The molecule has 1 N–H and O–H groups in total. The van der Waals surface area contributed by atoms with Gasteiger partial charge in [-0.2, -0.15) is 0 Å². The van der Waals surface area contributed by atoms with Crippen molar-refractivity contribution in [3.05, 3.63) is 58.3 Å². The number of carbonyl (C=O) groups excluding carboxylic acids is 3. The molecule has 0 aliphatic carbocycles. The Bertz CT molecular complexity index is 912. The van der Waals surface area contributed by atoms with Gasteiger partial charge in [-0.3, -0.25) is 19.9 Å². The van der Waals surface area contributed by atoms with Gasteiger partial charge in [0.05, 0.1) is 23.0 Å². The van der Waals surface area contributed by atoms with Gasteiger partial charge in [-0.15, -0.1) is 0 Å². The molecule has 3 rings (SSSR count). The van der Waals surface area contributed by atoms with E-state index in [-0.39, 0.29) is 11.3 Å². The maximum absolute atomic E-state index is 12.7. The number of anilines is 1. The number of halogens is 1. The summed E-state index contributed by atoms with van der Waals surface area (Å²) in [6, 6.07) is 7.52. The third kappa shape index (κ3) is 3.50. The molecule has 0 atom stereocenters. The average Bonchev–Trinajstić information content (AvgIpc) is 2.62. The minimum atomic E-state index is -0.807. The molecule has 1 aromatic heterocycles. The van der Waals surface area contributed by atoms with Crippen LogP contribution in [0.25, 0.3) is 6.08 Å². The van der Waals surface area contributed by atoms with Gasteiger partial charge in [-0.1, -0.05) is 6.07 Å². The first kappa shape index (κ1) is 17.8. The first-order chi connectivity index (χ1) is 12.5. The van der Waals surface area contributed by atoms with Crippen molar-refractivity contribution in [2.45, 2.75) is 6.92 Å². The van der Waals surface area contributed by atoms with E-state index in [2.05, 4.69) is 26.2 Å². The van der Waals surface area contributed by atoms with E-state index >= 15 is 0 Å². The number of rotatable bonds is 4. The summed E-state index contributed by atoms with van der Waals surface area (Å²) >= 11 is 3.39. The number of urea groups is 1. The number of amides is 4. The fourth-order valence-electron chi connectivity index (χ4n) is 2.42. The summed E-state index contributed by atoms with van der Waals surface area (Å²) in [4.78, 5) is 41.7. The molecule has 26 heavy (non-hydrogen) atoms. The Labute approximate surface area is 157 Å². The first-order valence-corrected chi connectivity index (χ1v) is 8.54. The van der Waals surface area contributed by atoms with Gasteiger partial charge in [0, 0.05) is 6.20 Å². The minimum Gasteiger partial charge on any atom is -0.493 e. The number of nitrogens with zero attached hydrogens (tertiary/aromatic N) is 2. The zero-order valence-electron chi connectivity index (χ0n) is 13.7. The predicted octanol–water partition coefficient (Wildman–Crippen LogP) is 2.91. The third-order valence-electron chi connectivity index (χ3n) is 3.57. The highest BCUT2D eigenvalue weighted by atomic mass is 79.9. The fraction of sp³-hybridized carbons (Fsp3) is 0.111. The highest BCUT2D eigenvalue weighted by Crippen LogP contribution is 2.28. The fourth-order valence-corrected chi connectivity index (χ4v) is 2.94. The second kappa shape index (κ2) is 7.49. The quantitative estimate of drug-likeness (QED) is 0.612. The summed E-state index contributed by atoms with van der Waals surface area (Å²) in [5, 5.41) is 2.17. The lowest BCUT2D eigenvalue weighted by Gasteiger charge is -2.26. The van der Waals surface area contributed by atoms with Crippen LogP contribution < -0.4 is 15.0 Å². The van der Waals surface area contributed by atoms with Gasteiger partial charge in [-0.25, -0.2) is 9.69 Å². The van der Waals surface area contributed by atoms with Crippen molar-refractivity contribution in [1.29, 1.82) is 0 Å². The van der Waals surface area contributed by atoms with E-state index in [4.69, 9.17) is 4.74 Å². The summed E-state index contributed by atoms with van der Waals surface area (Å²) < 4.78 is 6.13. The van der Waals surface area contributed by atoms with Gasteiger partial charge in [0.1, 0.15) is 11.3 Å². The lowest BCUT2D eigenvalue weighted by Crippen LogP contribution is -2.54. The molecule has 4 amide bonds. The van der Waals surface area contributed by atoms with Crippen molar-refractivity contribution >= 4 is 45.5 Å². The lowest BCUT2D eigenvalue weighted by atomic mass is 10.1. The number of barbiturate groups is 1. The highest BCUT2D eigenvalue weighted by molar-refractivity contribution is 9.10. The Hall–Kier alpha value is -3.00. The Morgan fingerprint density at radius 2 is 2.08 bits per heavy atom. The third-order valence-corrected chi connectivity index (χ3v) is 4.19. The van der Waals surface area contributed by atoms with Crippen LogP contribution in [0.2, 0.25) is 0 Å². The Morgan fingerprint density at radius 3 is 2.73 bits per heavy atom. The number of nitrogens with one attached hydrogen (secondary N) is 1. The summed E-state index contributed by atoms with van der Waals surface area (Å²) in [5.74, 6) is -0.803. The van der Waals surface area contributed by atoms with Crippen LogP contribution >= 0.6 is 15.9 Å². The van der Waals surface area contributed by atoms with E-state index in [0.29, 0.717) is 22.4 Å². The van der Waals surface area contributed by atoms with Crippen LogP contribution in [0.4, 0.5) is 10.5 Å². The molecular formula is C18H14BrN3O4. The molecule has 1 saturated heterocycles. The van der Waals surface area contributed by atoms with Gasteiger partial charge in [0.2, 0.25) is 0 Å². The van der Waals surface area contributed by atoms with Gasteiger partial charge in [0.25, 0.3) is 11.8 Å². The molecule has 0 spiro atoms. The van der Waals surface area contributed by atoms with E-state index in [1.54, 1.807) is 30.3 Å². The van der Waals surface area contributed by atoms with Crippen molar-refractivity contribution in [1.82, 2.24) is 10.3 Å². The highest BCUT2D eigenvalue weighted by Gasteiger charge is 2.36. The van der Waals surface area contributed by atoms with Crippen LogP contribution in [0.3, 0.4) is 0 Å². The van der Waals surface area contributed by atoms with Crippen LogP contribution in [0, 0.1) is 0 Å². The second-order valence-electron chi connectivity index (χ2n) is 5.29. The van der Waals surface area contributed by atoms with Crippen molar-refractivity contribution in [3.63, 3.8) is 0 Å². The van der Waals surface area contributed by atoms with Crippen molar-refractivity contribution < 1.29 is 19.1 Å². The number of benzene rings is 1. The molecule has 0 saturated carbocycles. The van der Waals surface area contributed by atoms with Gasteiger partial charge < -0.3 is 4.74 Å². The Balaban J connectivity index is 1.97. The van der Waals surface area contributed by atoms with E-state index < -0.39 is 17.8 Å². The zero-order chi connectivity index (χ0) is 18.7. The summed E-state index contributed by atoms with van der Waals surface area (Å²) in [6.07, 6.45) is 4.32. The van der Waals surface area contributed by atoms with E-state index in [9.17, 15) is 14.4 Å². The van der Waals surface area contributed by atoms with Crippen molar-refractivity contribution in [2.24, 2.45) is 0 Å². The molecule has 1 fully saturated rings. The summed E-state index contributed by atoms with van der Waals surface area (Å²) in [6.45, 7) is 2.39. The first-order valence-electron chi connectivity index (χ1n) is 7.75. The largest absolute Gasteiger partial charge is 0.493 e. The molecule has 132 valence electrons. The molecule has 1 aromatic carbocycles. The predicted molar refractivity (Wildman–Crippen MR) is 98.5 cm³/mol. The summed E-state index contributed by atoms with van der Waals surface area (Å²) in [7, 11) is 0. The number of aromatic nitrogens is 1. The zero-order valence-corrected chi connectivity index (χ0v) is 15.3. The van der Waals surface area contributed by atoms with Gasteiger partial charge >= 0.3 is 6.03 Å². The van der Waals surface area contributed by atoms with Crippen molar-refractivity contribution in [3.8, 4) is 5.75 Å². The molecule has 8 heteroatoms. The Kier molecular flexibility index (Phi) is 5.13. The standard InChI is InChI=1S/C18H14BrN3O4/c1-2-26-15-6-5-11(9-14(15)19)8-13-16(23)21-18(25)22(17(13)24)12-4-3-7-20-10-12/h3-10H,2H2,1H3,(H,21,23,25)/b13-8+. The summed E-state index contributed by atoms with van der Waals surface area (Å²) in [5.41, 5.74) is 0.741. The smallest absolute Gasteiger partial charge is 0.336 e. The molecule has 0 bridgehead atoms. The molecule has 2 aromatic rings. The molecule has 0 unspecified atom stereocenters. The van der Waals surface area contributed by atoms with E-state index in [1.165, 1.54) is 18.5 Å². The van der Waals surface area contributed by atoms with Crippen LogP contribution in [0.1, 0.15) is 12.5 Å². The van der Waals surface area contributed by atoms with Crippen LogP contribution in [-0.2, 0) is 9.59 Å². The number of hydrogen-bond donors (Lipinski definition) is 1. The van der Waals surface area contributed by atoms with Crippen LogP contribution in [0.15, 0.2) is 52.8 Å². The number of pyridine rings is 1. The minimum absolute atomic E-state index is 0.149. The van der Waals surface area contributed by atoms with Crippen LogP contribution in [-0.4, -0.2) is 29.4 Å². The molecule has 2 heterocycles. The molecular weight excluding hydrogens is 402 g/mol. The Morgan fingerprint density at radius 1 is 1.27 bits per heavy atom. The number of ether oxygens (including phenoxy) is 1.